The summed E-state index contributed by atoms with van der Waals surface area (Å²) in [6.07, 6.45) is 0. The normalized spacial score (nSPS) is 14.5. The van der Waals surface area contributed by atoms with E-state index in [0.717, 1.165) is 38.8 Å². The Morgan fingerprint density at radius 2 is 1.16 bits per heavy atom. The van der Waals surface area contributed by atoms with Gasteiger partial charge in [-0.1, -0.05) is 96.2 Å². The molecule has 0 saturated heterocycles. The fourth-order valence-electron chi connectivity index (χ4n) is 6.34. The highest BCUT2D eigenvalue weighted by molar-refractivity contribution is 7.99. The van der Waals surface area contributed by atoms with E-state index in [9.17, 15) is 5.11 Å². The van der Waals surface area contributed by atoms with E-state index < -0.39 is 5.41 Å². The number of phenols is 1. The highest BCUT2D eigenvalue weighted by atomic mass is 32.2. The lowest BCUT2D eigenvalue weighted by Gasteiger charge is -2.45. The molecule has 2 aliphatic rings. The SMILES string of the molecule is Cc1ccc2c3c(ccc2c1)C1(c2ccccc2Sc2ccccc21)c1ccc2cc(O)ccc2c1O3. The first-order valence-electron chi connectivity index (χ1n) is 12.5. The van der Waals surface area contributed by atoms with Gasteiger partial charge in [-0.15, -0.1) is 0 Å². The van der Waals surface area contributed by atoms with Crippen molar-refractivity contribution in [2.75, 3.05) is 0 Å². The molecule has 176 valence electrons. The second-order valence-electron chi connectivity index (χ2n) is 9.96. The molecule has 6 aromatic carbocycles. The Kier molecular flexibility index (Phi) is 4.19. The molecule has 0 atom stereocenters. The number of ether oxygens (including phenoxy) is 1. The number of hydrogen-bond acceptors (Lipinski definition) is 3. The van der Waals surface area contributed by atoms with Gasteiger partial charge in [0.25, 0.3) is 0 Å². The summed E-state index contributed by atoms with van der Waals surface area (Å²) in [4.78, 5) is 2.52. The lowest BCUT2D eigenvalue weighted by molar-refractivity contribution is 0.441. The van der Waals surface area contributed by atoms with Crippen LogP contribution in [0.15, 0.2) is 119 Å². The van der Waals surface area contributed by atoms with Crippen LogP contribution in [0.5, 0.6) is 17.2 Å². The first-order chi connectivity index (χ1) is 18.1. The Balaban J connectivity index is 1.61. The van der Waals surface area contributed by atoms with E-state index in [1.165, 1.54) is 31.9 Å². The summed E-state index contributed by atoms with van der Waals surface area (Å²) in [5.41, 5.74) is 5.53. The molecule has 2 aliphatic heterocycles. The molecule has 8 rings (SSSR count). The molecule has 37 heavy (non-hydrogen) atoms. The van der Waals surface area contributed by atoms with Gasteiger partial charge in [0.1, 0.15) is 17.2 Å². The van der Waals surface area contributed by atoms with Crippen LogP contribution in [0.3, 0.4) is 0 Å². The van der Waals surface area contributed by atoms with Gasteiger partial charge in [0.15, 0.2) is 0 Å². The lowest BCUT2D eigenvalue weighted by atomic mass is 9.63. The van der Waals surface area contributed by atoms with Crippen molar-refractivity contribution in [3.8, 4) is 17.2 Å². The van der Waals surface area contributed by atoms with Gasteiger partial charge in [0, 0.05) is 31.7 Å². The van der Waals surface area contributed by atoms with E-state index in [4.69, 9.17) is 4.74 Å². The topological polar surface area (TPSA) is 29.5 Å². The maximum absolute atomic E-state index is 10.2. The van der Waals surface area contributed by atoms with E-state index in [0.29, 0.717) is 0 Å². The molecular weight excluding hydrogens is 472 g/mol. The number of fused-ring (bicyclic) bond motifs is 12. The zero-order chi connectivity index (χ0) is 24.7. The summed E-state index contributed by atoms with van der Waals surface area (Å²) in [5.74, 6) is 2.01. The first-order valence-corrected chi connectivity index (χ1v) is 13.3. The van der Waals surface area contributed by atoms with Crippen molar-refractivity contribution in [1.82, 2.24) is 0 Å². The Morgan fingerprint density at radius 3 is 1.81 bits per heavy atom. The van der Waals surface area contributed by atoms with E-state index in [2.05, 4.69) is 97.9 Å². The molecule has 0 radical (unpaired) electrons. The van der Waals surface area contributed by atoms with Gasteiger partial charge >= 0.3 is 0 Å². The van der Waals surface area contributed by atoms with Crippen LogP contribution in [0.4, 0.5) is 0 Å². The third-order valence-electron chi connectivity index (χ3n) is 7.89. The smallest absolute Gasteiger partial charge is 0.140 e. The molecule has 2 heterocycles. The van der Waals surface area contributed by atoms with Crippen LogP contribution in [0.25, 0.3) is 21.5 Å². The number of rotatable bonds is 0. The molecule has 0 saturated carbocycles. The maximum atomic E-state index is 10.2. The molecule has 0 amide bonds. The molecule has 0 aromatic heterocycles. The molecule has 0 unspecified atom stereocenters. The third-order valence-corrected chi connectivity index (χ3v) is 9.05. The fraction of sp³-hybridized carbons (Fsp3) is 0.0588. The van der Waals surface area contributed by atoms with Crippen molar-refractivity contribution in [2.24, 2.45) is 0 Å². The van der Waals surface area contributed by atoms with Crippen LogP contribution in [0, 0.1) is 6.92 Å². The Hall–Kier alpha value is -4.21. The second-order valence-corrected chi connectivity index (χ2v) is 11.0. The summed E-state index contributed by atoms with van der Waals surface area (Å²) in [5, 5.41) is 14.5. The van der Waals surface area contributed by atoms with Gasteiger partial charge in [0.05, 0.1) is 5.41 Å². The van der Waals surface area contributed by atoms with Gasteiger partial charge < -0.3 is 9.84 Å². The Labute approximate surface area is 219 Å². The van der Waals surface area contributed by atoms with Crippen LogP contribution in [-0.2, 0) is 5.41 Å². The molecule has 6 aromatic rings. The number of aryl methyl sites for hydroxylation is 1. The minimum atomic E-state index is -0.535. The molecule has 1 spiro atoms. The molecule has 0 bridgehead atoms. The average Bonchev–Trinajstić information content (AvgIpc) is 2.92. The monoisotopic (exact) mass is 494 g/mol. The average molecular weight is 495 g/mol. The van der Waals surface area contributed by atoms with Gasteiger partial charge in [-0.3, -0.25) is 0 Å². The van der Waals surface area contributed by atoms with Gasteiger partial charge in [-0.25, -0.2) is 0 Å². The predicted molar refractivity (Wildman–Crippen MR) is 150 cm³/mol. The largest absolute Gasteiger partial charge is 0.508 e. The molecule has 0 aliphatic carbocycles. The summed E-state index contributed by atoms with van der Waals surface area (Å²) in [7, 11) is 0. The van der Waals surface area contributed by atoms with Crippen LogP contribution < -0.4 is 4.74 Å². The van der Waals surface area contributed by atoms with Crippen LogP contribution in [-0.4, -0.2) is 5.11 Å². The Bertz CT molecular complexity index is 1780. The van der Waals surface area contributed by atoms with E-state index in [-0.39, 0.29) is 5.75 Å². The van der Waals surface area contributed by atoms with Gasteiger partial charge in [0.2, 0.25) is 0 Å². The van der Waals surface area contributed by atoms with Gasteiger partial charge in [-0.05, 0) is 59.2 Å². The maximum Gasteiger partial charge on any atom is 0.140 e. The highest BCUT2D eigenvalue weighted by Gasteiger charge is 2.50. The van der Waals surface area contributed by atoms with Crippen LogP contribution >= 0.6 is 11.8 Å². The summed E-state index contributed by atoms with van der Waals surface area (Å²) in [6, 6.07) is 38.5. The highest BCUT2D eigenvalue weighted by Crippen LogP contribution is 2.63. The van der Waals surface area contributed by atoms with Crippen LogP contribution in [0.1, 0.15) is 27.8 Å². The summed E-state index contributed by atoms with van der Waals surface area (Å²) >= 11 is 1.84. The van der Waals surface area contributed by atoms with Gasteiger partial charge in [-0.2, -0.15) is 0 Å². The molecule has 2 nitrogen and oxygen atoms in total. The Morgan fingerprint density at radius 1 is 0.595 bits per heavy atom. The number of benzene rings is 6. The number of aromatic hydroxyl groups is 1. The van der Waals surface area contributed by atoms with Crippen molar-refractivity contribution < 1.29 is 9.84 Å². The van der Waals surface area contributed by atoms with Crippen molar-refractivity contribution in [3.05, 3.63) is 137 Å². The minimum Gasteiger partial charge on any atom is -0.508 e. The summed E-state index contributed by atoms with van der Waals surface area (Å²) < 4.78 is 6.95. The zero-order valence-electron chi connectivity index (χ0n) is 20.2. The number of phenolic OH excluding ortho intramolecular Hbond substituents is 1. The van der Waals surface area contributed by atoms with E-state index in [1.54, 1.807) is 6.07 Å². The van der Waals surface area contributed by atoms with Crippen molar-refractivity contribution >= 4 is 33.3 Å². The van der Waals surface area contributed by atoms with E-state index in [1.807, 2.05) is 23.9 Å². The lowest BCUT2D eigenvalue weighted by Crippen LogP contribution is -2.36. The van der Waals surface area contributed by atoms with Crippen LogP contribution in [0.2, 0.25) is 0 Å². The number of hydrogen-bond donors (Lipinski definition) is 1. The molecular formula is C34H22O2S. The van der Waals surface area contributed by atoms with E-state index >= 15 is 0 Å². The zero-order valence-corrected chi connectivity index (χ0v) is 21.0. The minimum absolute atomic E-state index is 0.254. The predicted octanol–water partition coefficient (Wildman–Crippen LogP) is 8.96. The van der Waals surface area contributed by atoms with Crippen molar-refractivity contribution in [1.29, 1.82) is 0 Å². The second kappa shape index (κ2) is 7.41. The van der Waals surface area contributed by atoms with Crippen molar-refractivity contribution in [2.45, 2.75) is 22.1 Å². The summed E-state index contributed by atoms with van der Waals surface area (Å²) in [6.45, 7) is 2.13. The fourth-order valence-corrected chi connectivity index (χ4v) is 7.53. The quantitative estimate of drug-likeness (QED) is 0.228. The first kappa shape index (κ1) is 20.9. The standard InChI is InChI=1S/C34H22O2S/c1-20-10-14-24-21(18-20)11-16-28-32(24)36-33-25-15-13-23(35)19-22(25)12-17-29(33)34(28)26-6-2-4-8-30(26)37-31-9-5-3-7-27(31)34/h2-19,35H,1H3. The molecule has 1 N–H and O–H groups in total. The third kappa shape index (κ3) is 2.72. The molecule has 0 fully saturated rings. The molecule has 3 heteroatoms. The van der Waals surface area contributed by atoms with Crippen molar-refractivity contribution in [3.63, 3.8) is 0 Å².